The number of nitrogens with one attached hydrogen (secondary N) is 2. The first-order chi connectivity index (χ1) is 10.2. The van der Waals surface area contributed by atoms with Crippen LogP contribution in [0.1, 0.15) is 21.5 Å². The zero-order valence-corrected chi connectivity index (χ0v) is 11.7. The van der Waals surface area contributed by atoms with Gasteiger partial charge < -0.3 is 10.6 Å². The number of benzene rings is 2. The van der Waals surface area contributed by atoms with E-state index in [1.807, 2.05) is 18.2 Å². The van der Waals surface area contributed by atoms with E-state index in [0.717, 1.165) is 24.2 Å². The Hall–Kier alpha value is -2.36. The Morgan fingerprint density at radius 2 is 2.00 bits per heavy atom. The lowest BCUT2D eigenvalue weighted by Crippen LogP contribution is -2.25. The highest BCUT2D eigenvalue weighted by molar-refractivity contribution is 5.95. The summed E-state index contributed by atoms with van der Waals surface area (Å²) in [6, 6.07) is 12.1. The molecule has 4 heteroatoms. The van der Waals surface area contributed by atoms with Crippen molar-refractivity contribution in [1.29, 1.82) is 0 Å². The van der Waals surface area contributed by atoms with Gasteiger partial charge in [0.2, 0.25) is 0 Å². The minimum absolute atomic E-state index is 0.0754. The van der Waals surface area contributed by atoms with Crippen LogP contribution in [0.2, 0.25) is 0 Å². The second-order valence-corrected chi connectivity index (χ2v) is 5.18. The molecule has 0 fully saturated rings. The van der Waals surface area contributed by atoms with E-state index in [4.69, 9.17) is 0 Å². The molecule has 0 spiro atoms. The third kappa shape index (κ3) is 3.21. The zero-order chi connectivity index (χ0) is 14.7. The van der Waals surface area contributed by atoms with Crippen LogP contribution in [-0.2, 0) is 12.8 Å². The number of amides is 1. The fourth-order valence-corrected chi connectivity index (χ4v) is 2.51. The van der Waals surface area contributed by atoms with Gasteiger partial charge in [0.05, 0.1) is 0 Å². The van der Waals surface area contributed by atoms with Gasteiger partial charge in [0, 0.05) is 24.3 Å². The van der Waals surface area contributed by atoms with Crippen LogP contribution in [0.3, 0.4) is 0 Å². The van der Waals surface area contributed by atoms with E-state index in [-0.39, 0.29) is 11.7 Å². The molecule has 0 aromatic heterocycles. The lowest BCUT2D eigenvalue weighted by Gasteiger charge is -2.07. The quantitative estimate of drug-likeness (QED) is 0.906. The Labute approximate surface area is 123 Å². The van der Waals surface area contributed by atoms with Crippen LogP contribution in [-0.4, -0.2) is 19.0 Å². The summed E-state index contributed by atoms with van der Waals surface area (Å²) in [5.74, 6) is -0.318. The van der Waals surface area contributed by atoms with Crippen LogP contribution in [0.5, 0.6) is 0 Å². The third-order valence-electron chi connectivity index (χ3n) is 3.69. The summed E-state index contributed by atoms with van der Waals surface area (Å²) in [6.07, 6.45) is 1.71. The molecule has 0 radical (unpaired) electrons. The van der Waals surface area contributed by atoms with Crippen molar-refractivity contribution in [3.05, 3.63) is 65.0 Å². The fraction of sp³-hybridized carbons (Fsp3) is 0.235. The maximum atomic E-state index is 12.8. The largest absolute Gasteiger partial charge is 0.384 e. The maximum absolute atomic E-state index is 12.8. The van der Waals surface area contributed by atoms with Crippen molar-refractivity contribution in [1.82, 2.24) is 5.32 Å². The van der Waals surface area contributed by atoms with Crippen LogP contribution in [0.4, 0.5) is 10.1 Å². The molecule has 0 aliphatic carbocycles. The van der Waals surface area contributed by atoms with Crippen molar-refractivity contribution in [2.24, 2.45) is 0 Å². The molecular weight excluding hydrogens is 267 g/mol. The van der Waals surface area contributed by atoms with Crippen LogP contribution in [0.15, 0.2) is 42.5 Å². The normalized spacial score (nSPS) is 12.6. The van der Waals surface area contributed by atoms with E-state index in [1.54, 1.807) is 12.1 Å². The summed E-state index contributed by atoms with van der Waals surface area (Å²) in [6.45, 7) is 1.47. The van der Waals surface area contributed by atoms with E-state index in [2.05, 4.69) is 10.6 Å². The Bertz CT molecular complexity index is 652. The second kappa shape index (κ2) is 5.95. The Morgan fingerprint density at radius 1 is 1.19 bits per heavy atom. The number of fused-ring (bicyclic) bond motifs is 1. The highest BCUT2D eigenvalue weighted by Crippen LogP contribution is 2.23. The molecule has 0 atom stereocenters. The van der Waals surface area contributed by atoms with Gasteiger partial charge in [-0.25, -0.2) is 4.39 Å². The van der Waals surface area contributed by atoms with Crippen LogP contribution >= 0.6 is 0 Å². The maximum Gasteiger partial charge on any atom is 0.251 e. The standard InChI is InChI=1S/C17H17FN2O/c18-15-5-1-12(2-6-15)7-9-20-17(21)14-4-3-13-8-10-19-16(13)11-14/h1-6,11,19H,7-10H2,(H,20,21). The van der Waals surface area contributed by atoms with Gasteiger partial charge in [-0.1, -0.05) is 18.2 Å². The minimum atomic E-state index is -0.242. The predicted molar refractivity (Wildman–Crippen MR) is 81.1 cm³/mol. The van der Waals surface area contributed by atoms with Gasteiger partial charge in [-0.05, 0) is 48.2 Å². The topological polar surface area (TPSA) is 41.1 Å². The number of halogens is 1. The van der Waals surface area contributed by atoms with Gasteiger partial charge in [-0.2, -0.15) is 0 Å². The Kier molecular flexibility index (Phi) is 3.86. The number of rotatable bonds is 4. The smallest absolute Gasteiger partial charge is 0.251 e. The first kappa shape index (κ1) is 13.6. The molecule has 0 saturated heterocycles. The lowest BCUT2D eigenvalue weighted by atomic mass is 10.1. The molecule has 108 valence electrons. The van der Waals surface area contributed by atoms with Crippen molar-refractivity contribution in [3.63, 3.8) is 0 Å². The van der Waals surface area contributed by atoms with Gasteiger partial charge in [0.25, 0.3) is 5.91 Å². The second-order valence-electron chi connectivity index (χ2n) is 5.18. The predicted octanol–water partition coefficient (Wildman–Crippen LogP) is 2.77. The van der Waals surface area contributed by atoms with E-state index in [0.29, 0.717) is 18.5 Å². The molecule has 2 aromatic rings. The molecule has 0 bridgehead atoms. The van der Waals surface area contributed by atoms with E-state index in [9.17, 15) is 9.18 Å². The molecule has 0 unspecified atom stereocenters. The highest BCUT2D eigenvalue weighted by atomic mass is 19.1. The molecule has 21 heavy (non-hydrogen) atoms. The van der Waals surface area contributed by atoms with Gasteiger partial charge >= 0.3 is 0 Å². The van der Waals surface area contributed by atoms with Crippen LogP contribution in [0.25, 0.3) is 0 Å². The lowest BCUT2D eigenvalue weighted by molar-refractivity contribution is 0.0954. The Balaban J connectivity index is 1.55. The van der Waals surface area contributed by atoms with E-state index >= 15 is 0 Å². The number of hydrogen-bond acceptors (Lipinski definition) is 2. The minimum Gasteiger partial charge on any atom is -0.384 e. The summed E-state index contributed by atoms with van der Waals surface area (Å²) in [4.78, 5) is 12.1. The molecule has 3 nitrogen and oxygen atoms in total. The summed E-state index contributed by atoms with van der Waals surface area (Å²) < 4.78 is 12.8. The first-order valence-electron chi connectivity index (χ1n) is 7.12. The number of hydrogen-bond donors (Lipinski definition) is 2. The summed E-state index contributed by atoms with van der Waals surface area (Å²) >= 11 is 0. The first-order valence-corrected chi connectivity index (χ1v) is 7.12. The molecule has 1 aliphatic rings. The zero-order valence-electron chi connectivity index (χ0n) is 11.7. The van der Waals surface area contributed by atoms with Crippen LogP contribution in [0, 0.1) is 5.82 Å². The Morgan fingerprint density at radius 3 is 2.81 bits per heavy atom. The van der Waals surface area contributed by atoms with Crippen molar-refractivity contribution in [2.75, 3.05) is 18.4 Å². The molecule has 2 aromatic carbocycles. The molecule has 3 rings (SSSR count). The molecule has 1 heterocycles. The average Bonchev–Trinajstić information content (AvgIpc) is 2.96. The van der Waals surface area contributed by atoms with Crippen molar-refractivity contribution in [3.8, 4) is 0 Å². The fourth-order valence-electron chi connectivity index (χ4n) is 2.51. The number of anilines is 1. The van der Waals surface area contributed by atoms with E-state index in [1.165, 1.54) is 17.7 Å². The molecule has 0 saturated carbocycles. The SMILES string of the molecule is O=C(NCCc1ccc(F)cc1)c1ccc2c(c1)NCC2. The van der Waals surface area contributed by atoms with Gasteiger partial charge in [0.15, 0.2) is 0 Å². The number of carbonyl (C=O) groups excluding carboxylic acids is 1. The van der Waals surface area contributed by atoms with Crippen LogP contribution < -0.4 is 10.6 Å². The average molecular weight is 284 g/mol. The third-order valence-corrected chi connectivity index (χ3v) is 3.69. The van der Waals surface area contributed by atoms with Crippen molar-refractivity contribution in [2.45, 2.75) is 12.8 Å². The van der Waals surface area contributed by atoms with E-state index < -0.39 is 0 Å². The van der Waals surface area contributed by atoms with Gasteiger partial charge in [-0.15, -0.1) is 0 Å². The van der Waals surface area contributed by atoms with Gasteiger partial charge in [-0.3, -0.25) is 4.79 Å². The number of carbonyl (C=O) groups is 1. The summed E-state index contributed by atoms with van der Waals surface area (Å²) in [5.41, 5.74) is 3.99. The van der Waals surface area contributed by atoms with Gasteiger partial charge in [0.1, 0.15) is 5.82 Å². The highest BCUT2D eigenvalue weighted by Gasteiger charge is 2.13. The molecule has 1 aliphatic heterocycles. The van der Waals surface area contributed by atoms with Crippen molar-refractivity contribution < 1.29 is 9.18 Å². The molecular formula is C17H17FN2O. The molecule has 1 amide bonds. The summed E-state index contributed by atoms with van der Waals surface area (Å²) in [5, 5.41) is 6.16. The van der Waals surface area contributed by atoms with Crippen molar-refractivity contribution >= 4 is 11.6 Å². The molecule has 2 N–H and O–H groups in total. The monoisotopic (exact) mass is 284 g/mol. The summed E-state index contributed by atoms with van der Waals surface area (Å²) in [7, 11) is 0.